The molecule has 0 aliphatic carbocycles. The van der Waals surface area contributed by atoms with Crippen molar-refractivity contribution in [3.63, 3.8) is 0 Å². The van der Waals surface area contributed by atoms with Crippen LogP contribution in [0.5, 0.6) is 0 Å². The van der Waals surface area contributed by atoms with Crippen molar-refractivity contribution in [3.8, 4) is 0 Å². The second-order valence-corrected chi connectivity index (χ2v) is 7.68. The van der Waals surface area contributed by atoms with Crippen LogP contribution in [-0.4, -0.2) is 60.0 Å². The molecule has 0 unspecified atom stereocenters. The molecule has 1 aliphatic heterocycles. The van der Waals surface area contributed by atoms with Gasteiger partial charge in [-0.3, -0.25) is 14.6 Å². The highest BCUT2D eigenvalue weighted by atomic mass is 127. The van der Waals surface area contributed by atoms with Gasteiger partial charge in [-0.25, -0.2) is 0 Å². The number of aromatic nitrogens is 2. The number of likely N-dealkylation sites (tertiary alicyclic amines) is 1. The van der Waals surface area contributed by atoms with Crippen LogP contribution in [0, 0.1) is 5.92 Å². The quantitative estimate of drug-likeness (QED) is 0.299. The fraction of sp³-hybridized carbons (Fsp3) is 0.800. The zero-order valence-electron chi connectivity index (χ0n) is 18.5. The van der Waals surface area contributed by atoms with Crippen LogP contribution in [0.4, 0.5) is 13.2 Å². The van der Waals surface area contributed by atoms with Gasteiger partial charge in [0.05, 0.1) is 12.2 Å². The van der Waals surface area contributed by atoms with Crippen molar-refractivity contribution in [1.82, 2.24) is 25.3 Å². The number of aliphatic imine (C=N–C) groups is 1. The lowest BCUT2D eigenvalue weighted by Gasteiger charge is -2.32. The van der Waals surface area contributed by atoms with E-state index < -0.39 is 12.7 Å². The molecule has 1 fully saturated rings. The van der Waals surface area contributed by atoms with Crippen LogP contribution < -0.4 is 10.6 Å². The Morgan fingerprint density at radius 1 is 1.17 bits per heavy atom. The van der Waals surface area contributed by atoms with Crippen LogP contribution in [0.2, 0.25) is 0 Å². The summed E-state index contributed by atoms with van der Waals surface area (Å²) >= 11 is 0. The zero-order valence-corrected chi connectivity index (χ0v) is 20.8. The number of piperidine rings is 1. The van der Waals surface area contributed by atoms with Gasteiger partial charge in [-0.2, -0.15) is 18.3 Å². The van der Waals surface area contributed by atoms with E-state index in [0.29, 0.717) is 25.6 Å². The largest absolute Gasteiger partial charge is 0.401 e. The van der Waals surface area contributed by atoms with Crippen molar-refractivity contribution in [3.05, 3.63) is 17.0 Å². The molecule has 1 saturated heterocycles. The Balaban J connectivity index is 0.00000450. The van der Waals surface area contributed by atoms with E-state index in [1.807, 2.05) is 11.7 Å². The first-order chi connectivity index (χ1) is 13.8. The molecule has 2 rings (SSSR count). The van der Waals surface area contributed by atoms with Crippen LogP contribution in [0.15, 0.2) is 4.99 Å². The lowest BCUT2D eigenvalue weighted by atomic mass is 9.93. The first kappa shape index (κ1) is 27.0. The maximum Gasteiger partial charge on any atom is 0.401 e. The Labute approximate surface area is 195 Å². The number of aryl methyl sites for hydroxylation is 2. The molecule has 30 heavy (non-hydrogen) atoms. The number of guanidine groups is 1. The topological polar surface area (TPSA) is 57.5 Å². The van der Waals surface area contributed by atoms with E-state index in [1.54, 1.807) is 7.05 Å². The van der Waals surface area contributed by atoms with Gasteiger partial charge in [0.2, 0.25) is 0 Å². The number of halogens is 4. The van der Waals surface area contributed by atoms with Crippen molar-refractivity contribution in [2.24, 2.45) is 18.0 Å². The van der Waals surface area contributed by atoms with E-state index in [4.69, 9.17) is 0 Å². The van der Waals surface area contributed by atoms with E-state index in [-0.39, 0.29) is 24.0 Å². The van der Waals surface area contributed by atoms with Crippen LogP contribution in [-0.2, 0) is 26.4 Å². The Kier molecular flexibility index (Phi) is 11.5. The minimum atomic E-state index is -4.10. The molecule has 0 spiro atoms. The Morgan fingerprint density at radius 2 is 1.83 bits per heavy atom. The summed E-state index contributed by atoms with van der Waals surface area (Å²) < 4.78 is 39.4. The molecule has 0 bridgehead atoms. The number of alkyl halides is 3. The predicted molar refractivity (Wildman–Crippen MR) is 125 cm³/mol. The Morgan fingerprint density at radius 3 is 2.37 bits per heavy atom. The number of nitrogens with one attached hydrogen (secondary N) is 2. The lowest BCUT2D eigenvalue weighted by Crippen LogP contribution is -2.41. The van der Waals surface area contributed by atoms with Gasteiger partial charge in [0, 0.05) is 38.4 Å². The molecule has 0 aromatic carbocycles. The van der Waals surface area contributed by atoms with Crippen LogP contribution in [0.1, 0.15) is 50.1 Å². The van der Waals surface area contributed by atoms with Crippen molar-refractivity contribution < 1.29 is 13.2 Å². The Bertz CT molecular complexity index is 666. The molecule has 1 aliphatic rings. The van der Waals surface area contributed by atoms with Crippen LogP contribution in [0.25, 0.3) is 0 Å². The molecule has 0 saturated carbocycles. The van der Waals surface area contributed by atoms with Gasteiger partial charge >= 0.3 is 6.18 Å². The Hall–Kier alpha value is -1.04. The summed E-state index contributed by atoms with van der Waals surface area (Å²) in [5.41, 5.74) is 3.57. The van der Waals surface area contributed by atoms with Gasteiger partial charge in [0.25, 0.3) is 0 Å². The summed E-state index contributed by atoms with van der Waals surface area (Å²) in [4.78, 5) is 5.80. The number of hydrogen-bond acceptors (Lipinski definition) is 3. The third-order valence-electron chi connectivity index (χ3n) is 5.64. The fourth-order valence-corrected chi connectivity index (χ4v) is 4.07. The molecular weight excluding hydrogens is 508 g/mol. The molecule has 0 radical (unpaired) electrons. The summed E-state index contributed by atoms with van der Waals surface area (Å²) in [6.45, 7) is 5.94. The van der Waals surface area contributed by atoms with E-state index in [2.05, 4.69) is 34.6 Å². The van der Waals surface area contributed by atoms with E-state index >= 15 is 0 Å². The standard InChI is InChI=1S/C20H35F3N6.HI/c1-5-17-16(18(6-2)28(4)27-17)13-26-19(24-3)25-10-7-15-8-11-29(12-9-15)14-20(21,22)23;/h15H,5-14H2,1-4H3,(H2,24,25,26);1H. The first-order valence-corrected chi connectivity index (χ1v) is 10.5. The van der Waals surface area contributed by atoms with Crippen molar-refractivity contribution in [1.29, 1.82) is 0 Å². The molecular formula is C20H36F3IN6. The van der Waals surface area contributed by atoms with Crippen molar-refractivity contribution >= 4 is 29.9 Å². The van der Waals surface area contributed by atoms with Crippen LogP contribution in [0.3, 0.4) is 0 Å². The number of hydrogen-bond donors (Lipinski definition) is 2. The third kappa shape index (κ3) is 8.24. The van der Waals surface area contributed by atoms with Crippen molar-refractivity contribution in [2.75, 3.05) is 33.2 Å². The second kappa shape index (κ2) is 12.7. The maximum atomic E-state index is 12.5. The molecule has 2 heterocycles. The van der Waals surface area contributed by atoms with Gasteiger partial charge in [-0.05, 0) is 51.1 Å². The molecule has 1 aromatic heterocycles. The fourth-order valence-electron chi connectivity index (χ4n) is 4.07. The smallest absolute Gasteiger partial charge is 0.356 e. The summed E-state index contributed by atoms with van der Waals surface area (Å²) in [6, 6.07) is 0. The van der Waals surface area contributed by atoms with Gasteiger partial charge in [-0.15, -0.1) is 24.0 Å². The highest BCUT2D eigenvalue weighted by molar-refractivity contribution is 14.0. The highest BCUT2D eigenvalue weighted by Crippen LogP contribution is 2.24. The van der Waals surface area contributed by atoms with E-state index in [9.17, 15) is 13.2 Å². The minimum absolute atomic E-state index is 0. The second-order valence-electron chi connectivity index (χ2n) is 7.68. The SMILES string of the molecule is CCc1nn(C)c(CC)c1CNC(=NC)NCCC1CCN(CC(F)(F)F)CC1.I. The summed E-state index contributed by atoms with van der Waals surface area (Å²) in [6.07, 6.45) is 0.297. The summed E-state index contributed by atoms with van der Waals surface area (Å²) in [5, 5.41) is 11.3. The molecule has 0 amide bonds. The molecule has 0 atom stereocenters. The van der Waals surface area contributed by atoms with Gasteiger partial charge in [-0.1, -0.05) is 13.8 Å². The molecule has 6 nitrogen and oxygen atoms in total. The molecule has 2 N–H and O–H groups in total. The van der Waals surface area contributed by atoms with Gasteiger partial charge in [0.15, 0.2) is 5.96 Å². The third-order valence-corrected chi connectivity index (χ3v) is 5.64. The van der Waals surface area contributed by atoms with Gasteiger partial charge in [0.1, 0.15) is 0 Å². The van der Waals surface area contributed by atoms with E-state index in [1.165, 1.54) is 16.2 Å². The summed E-state index contributed by atoms with van der Waals surface area (Å²) in [7, 11) is 3.73. The molecule has 1 aromatic rings. The maximum absolute atomic E-state index is 12.5. The molecule has 174 valence electrons. The number of rotatable bonds is 8. The average Bonchev–Trinajstić information content (AvgIpc) is 2.99. The van der Waals surface area contributed by atoms with Crippen LogP contribution >= 0.6 is 24.0 Å². The highest BCUT2D eigenvalue weighted by Gasteiger charge is 2.32. The minimum Gasteiger partial charge on any atom is -0.356 e. The van der Waals surface area contributed by atoms with Gasteiger partial charge < -0.3 is 10.6 Å². The number of nitrogens with zero attached hydrogens (tertiary/aromatic N) is 4. The normalized spacial score (nSPS) is 16.4. The summed E-state index contributed by atoms with van der Waals surface area (Å²) in [5.74, 6) is 1.20. The molecule has 10 heteroatoms. The lowest BCUT2D eigenvalue weighted by molar-refractivity contribution is -0.148. The average molecular weight is 544 g/mol. The first-order valence-electron chi connectivity index (χ1n) is 10.5. The monoisotopic (exact) mass is 544 g/mol. The van der Waals surface area contributed by atoms with E-state index in [0.717, 1.165) is 50.3 Å². The predicted octanol–water partition coefficient (Wildman–Crippen LogP) is 3.49. The van der Waals surface area contributed by atoms with Crippen molar-refractivity contribution in [2.45, 2.75) is 58.7 Å². The zero-order chi connectivity index (χ0) is 21.4.